The number of hydrogen-bond acceptors (Lipinski definition) is 4. The van der Waals surface area contributed by atoms with Gasteiger partial charge in [-0.05, 0) is 17.2 Å². The number of hydrogen-bond donors (Lipinski definition) is 2. The molecular weight excluding hydrogens is 304 g/mol. The maximum Gasteiger partial charge on any atom is 0.239 e. The van der Waals surface area contributed by atoms with Crippen LogP contribution in [0.25, 0.3) is 11.1 Å². The number of halogens is 1. The van der Waals surface area contributed by atoms with Crippen molar-refractivity contribution in [3.63, 3.8) is 0 Å². The number of nitrogens with zero attached hydrogens (tertiary/aromatic N) is 2. The second-order valence-electron chi connectivity index (χ2n) is 4.88. The fourth-order valence-electron chi connectivity index (χ4n) is 2.01. The summed E-state index contributed by atoms with van der Waals surface area (Å²) in [5, 5.41) is 6.96. The number of rotatable bonds is 6. The molecule has 0 fully saturated rings. The highest BCUT2D eigenvalue weighted by Crippen LogP contribution is 2.19. The van der Waals surface area contributed by atoms with E-state index in [4.69, 9.17) is 10.5 Å². The van der Waals surface area contributed by atoms with Crippen molar-refractivity contribution < 1.29 is 9.53 Å². The van der Waals surface area contributed by atoms with Gasteiger partial charge in [-0.2, -0.15) is 5.10 Å². The van der Waals surface area contributed by atoms with Gasteiger partial charge in [-0.1, -0.05) is 18.2 Å². The molecular formula is C15H21ClN4O2. The van der Waals surface area contributed by atoms with Crippen LogP contribution >= 0.6 is 12.4 Å². The van der Waals surface area contributed by atoms with Crippen LogP contribution in [0.2, 0.25) is 0 Å². The molecule has 0 aliphatic heterocycles. The molecule has 1 amide bonds. The zero-order valence-electron chi connectivity index (χ0n) is 12.7. The van der Waals surface area contributed by atoms with Crippen LogP contribution in [0.5, 0.6) is 0 Å². The molecule has 1 heterocycles. The summed E-state index contributed by atoms with van der Waals surface area (Å²) in [4.78, 5) is 11.7. The van der Waals surface area contributed by atoms with Gasteiger partial charge in [0.2, 0.25) is 5.91 Å². The molecule has 3 N–H and O–H groups in total. The van der Waals surface area contributed by atoms with E-state index in [0.29, 0.717) is 6.54 Å². The number of methoxy groups -OCH3 is 1. The van der Waals surface area contributed by atoms with E-state index in [2.05, 4.69) is 10.4 Å². The largest absolute Gasteiger partial charge is 0.383 e. The Morgan fingerprint density at radius 2 is 2.23 bits per heavy atom. The predicted molar refractivity (Wildman–Crippen MR) is 87.6 cm³/mol. The molecule has 1 aromatic heterocycles. The van der Waals surface area contributed by atoms with Gasteiger partial charge in [0.05, 0.1) is 12.8 Å². The average molecular weight is 325 g/mol. The van der Waals surface area contributed by atoms with Crippen molar-refractivity contribution >= 4 is 18.3 Å². The smallest absolute Gasteiger partial charge is 0.239 e. The summed E-state index contributed by atoms with van der Waals surface area (Å²) in [5.74, 6) is -0.219. The second kappa shape index (κ2) is 8.53. The van der Waals surface area contributed by atoms with Crippen LogP contribution in [0.15, 0.2) is 36.7 Å². The van der Waals surface area contributed by atoms with Crippen molar-refractivity contribution in [1.29, 1.82) is 0 Å². The van der Waals surface area contributed by atoms with Gasteiger partial charge in [-0.15, -0.1) is 12.4 Å². The van der Waals surface area contributed by atoms with Gasteiger partial charge >= 0.3 is 0 Å². The highest BCUT2D eigenvalue weighted by atomic mass is 35.5. The van der Waals surface area contributed by atoms with Gasteiger partial charge in [0, 0.05) is 32.5 Å². The third-order valence-electron chi connectivity index (χ3n) is 3.11. The van der Waals surface area contributed by atoms with E-state index >= 15 is 0 Å². The summed E-state index contributed by atoms with van der Waals surface area (Å²) in [5.41, 5.74) is 8.79. The number of carbonyl (C=O) groups is 1. The molecule has 0 aliphatic rings. The SMILES string of the molecule is COCC(N)C(=O)NCc1cccc(-c2cnn(C)c2)c1.Cl. The molecule has 0 saturated heterocycles. The molecule has 0 aliphatic carbocycles. The standard InChI is InChI=1S/C15H20N4O2.ClH/c1-19-9-13(8-18-19)12-5-3-4-11(6-12)7-17-15(20)14(16)10-21-2;/h3-6,8-9,14H,7,10,16H2,1-2H3,(H,17,20);1H. The first-order valence-electron chi connectivity index (χ1n) is 6.70. The topological polar surface area (TPSA) is 82.2 Å². The average Bonchev–Trinajstić information content (AvgIpc) is 2.92. The van der Waals surface area contributed by atoms with Gasteiger partial charge in [-0.25, -0.2) is 0 Å². The Morgan fingerprint density at radius 1 is 1.45 bits per heavy atom. The number of ether oxygens (including phenoxy) is 1. The van der Waals surface area contributed by atoms with E-state index in [0.717, 1.165) is 16.7 Å². The van der Waals surface area contributed by atoms with Gasteiger partial charge < -0.3 is 15.8 Å². The van der Waals surface area contributed by atoms with Crippen molar-refractivity contribution in [2.75, 3.05) is 13.7 Å². The maximum absolute atomic E-state index is 11.7. The summed E-state index contributed by atoms with van der Waals surface area (Å²) in [7, 11) is 3.40. The lowest BCUT2D eigenvalue weighted by atomic mass is 10.1. The van der Waals surface area contributed by atoms with E-state index in [9.17, 15) is 4.79 Å². The molecule has 0 bridgehead atoms. The molecule has 2 aromatic rings. The highest BCUT2D eigenvalue weighted by Gasteiger charge is 2.12. The van der Waals surface area contributed by atoms with Crippen LogP contribution in [0, 0.1) is 0 Å². The third kappa shape index (κ3) is 4.84. The van der Waals surface area contributed by atoms with E-state index in [1.165, 1.54) is 7.11 Å². The highest BCUT2D eigenvalue weighted by molar-refractivity contribution is 5.85. The second-order valence-corrected chi connectivity index (χ2v) is 4.88. The first kappa shape index (κ1) is 18.2. The number of carbonyl (C=O) groups excluding carboxylic acids is 1. The Hall–Kier alpha value is -1.89. The van der Waals surface area contributed by atoms with Gasteiger partial charge in [-0.3, -0.25) is 9.48 Å². The molecule has 0 saturated carbocycles. The molecule has 0 radical (unpaired) electrons. The van der Waals surface area contributed by atoms with Crippen molar-refractivity contribution in [3.05, 3.63) is 42.2 Å². The van der Waals surface area contributed by atoms with Crippen molar-refractivity contribution in [2.24, 2.45) is 12.8 Å². The maximum atomic E-state index is 11.7. The zero-order valence-corrected chi connectivity index (χ0v) is 13.5. The molecule has 120 valence electrons. The minimum atomic E-state index is -0.642. The van der Waals surface area contributed by atoms with Gasteiger partial charge in [0.1, 0.15) is 6.04 Å². The fraction of sp³-hybridized carbons (Fsp3) is 0.333. The lowest BCUT2D eigenvalue weighted by Gasteiger charge is -2.11. The van der Waals surface area contributed by atoms with Crippen LogP contribution < -0.4 is 11.1 Å². The van der Waals surface area contributed by atoms with Crippen molar-refractivity contribution in [1.82, 2.24) is 15.1 Å². The van der Waals surface area contributed by atoms with Gasteiger partial charge in [0.15, 0.2) is 0 Å². The molecule has 0 spiro atoms. The van der Waals surface area contributed by atoms with Crippen LogP contribution in [-0.4, -0.2) is 35.4 Å². The number of amides is 1. The first-order valence-corrected chi connectivity index (χ1v) is 6.70. The molecule has 2 rings (SSSR count). The Kier molecular flexibility index (Phi) is 7.04. The quantitative estimate of drug-likeness (QED) is 0.833. The monoisotopic (exact) mass is 324 g/mol. The zero-order chi connectivity index (χ0) is 15.2. The summed E-state index contributed by atoms with van der Waals surface area (Å²) in [6.45, 7) is 0.645. The van der Waals surface area contributed by atoms with E-state index in [1.54, 1.807) is 4.68 Å². The molecule has 1 atom stereocenters. The summed E-state index contributed by atoms with van der Waals surface area (Å²) < 4.78 is 6.62. The van der Waals surface area contributed by atoms with Crippen molar-refractivity contribution in [3.8, 4) is 11.1 Å². The van der Waals surface area contributed by atoms with Crippen LogP contribution in [0.4, 0.5) is 0 Å². The number of nitrogens with two attached hydrogens (primary N) is 1. The van der Waals surface area contributed by atoms with Gasteiger partial charge in [0.25, 0.3) is 0 Å². The number of aryl methyl sites for hydroxylation is 1. The lowest BCUT2D eigenvalue weighted by molar-refractivity contribution is -0.123. The molecule has 1 unspecified atom stereocenters. The van der Waals surface area contributed by atoms with E-state index in [-0.39, 0.29) is 24.9 Å². The summed E-state index contributed by atoms with van der Waals surface area (Å²) >= 11 is 0. The minimum absolute atomic E-state index is 0. The minimum Gasteiger partial charge on any atom is -0.383 e. The number of aromatic nitrogens is 2. The Morgan fingerprint density at radius 3 is 2.86 bits per heavy atom. The summed E-state index contributed by atoms with van der Waals surface area (Å²) in [6, 6.07) is 7.32. The van der Waals surface area contributed by atoms with E-state index in [1.807, 2.05) is 43.7 Å². The third-order valence-corrected chi connectivity index (χ3v) is 3.11. The van der Waals surface area contributed by atoms with Crippen LogP contribution in [0.3, 0.4) is 0 Å². The van der Waals surface area contributed by atoms with Crippen molar-refractivity contribution in [2.45, 2.75) is 12.6 Å². The van der Waals surface area contributed by atoms with Crippen LogP contribution in [-0.2, 0) is 23.1 Å². The van der Waals surface area contributed by atoms with E-state index < -0.39 is 6.04 Å². The lowest BCUT2D eigenvalue weighted by Crippen LogP contribution is -2.43. The Bertz CT molecular complexity index is 615. The normalized spacial score (nSPS) is 11.6. The predicted octanol–water partition coefficient (Wildman–Crippen LogP) is 1.10. The number of nitrogens with one attached hydrogen (secondary N) is 1. The molecule has 22 heavy (non-hydrogen) atoms. The number of benzene rings is 1. The first-order chi connectivity index (χ1) is 10.1. The molecule has 6 nitrogen and oxygen atoms in total. The van der Waals surface area contributed by atoms with Crippen LogP contribution in [0.1, 0.15) is 5.56 Å². The molecule has 1 aromatic carbocycles. The fourth-order valence-corrected chi connectivity index (χ4v) is 2.01. The molecule has 7 heteroatoms. The Balaban J connectivity index is 0.00000242. The summed E-state index contributed by atoms with van der Waals surface area (Å²) in [6.07, 6.45) is 3.76. The Labute approximate surface area is 136 Å².